The minimum Gasteiger partial charge on any atom is -0.278 e. The summed E-state index contributed by atoms with van der Waals surface area (Å²) in [5.74, 6) is 0. The SMILES string of the molecule is Cc1ccnc2c3c(ccc12)-c1ccccc1S(O)(O)N3. The summed E-state index contributed by atoms with van der Waals surface area (Å²) in [4.78, 5) is 4.95. The van der Waals surface area contributed by atoms with Gasteiger partial charge in [0.25, 0.3) is 0 Å². The Kier molecular flexibility index (Phi) is 2.53. The van der Waals surface area contributed by atoms with Gasteiger partial charge in [0.15, 0.2) is 0 Å². The van der Waals surface area contributed by atoms with Crippen molar-refractivity contribution in [3.05, 3.63) is 54.2 Å². The van der Waals surface area contributed by atoms with E-state index in [1.807, 2.05) is 43.3 Å². The number of nitrogens with one attached hydrogen (secondary N) is 1. The first-order valence-corrected chi connectivity index (χ1v) is 8.16. The maximum Gasteiger partial charge on any atom is 0.0958 e. The highest BCUT2D eigenvalue weighted by Crippen LogP contribution is 2.58. The monoisotopic (exact) mass is 298 g/mol. The van der Waals surface area contributed by atoms with E-state index in [9.17, 15) is 9.11 Å². The van der Waals surface area contributed by atoms with Crippen LogP contribution in [0.5, 0.6) is 0 Å². The lowest BCUT2D eigenvalue weighted by Crippen LogP contribution is -2.16. The highest BCUT2D eigenvalue weighted by atomic mass is 32.3. The second kappa shape index (κ2) is 4.21. The van der Waals surface area contributed by atoms with Crippen molar-refractivity contribution in [3.63, 3.8) is 0 Å². The van der Waals surface area contributed by atoms with Crippen LogP contribution in [-0.4, -0.2) is 14.1 Å². The fraction of sp³-hybridized carbons (Fsp3) is 0.0625. The van der Waals surface area contributed by atoms with Crippen LogP contribution in [0.1, 0.15) is 5.56 Å². The molecule has 3 N–H and O–H groups in total. The number of aromatic nitrogens is 1. The van der Waals surface area contributed by atoms with E-state index >= 15 is 0 Å². The van der Waals surface area contributed by atoms with Gasteiger partial charge < -0.3 is 0 Å². The van der Waals surface area contributed by atoms with Crippen LogP contribution < -0.4 is 4.72 Å². The lowest BCUT2D eigenvalue weighted by Gasteiger charge is -2.40. The Morgan fingerprint density at radius 3 is 2.67 bits per heavy atom. The molecule has 0 spiro atoms. The molecule has 1 aromatic heterocycles. The van der Waals surface area contributed by atoms with Crippen molar-refractivity contribution in [3.8, 4) is 11.1 Å². The zero-order valence-corrected chi connectivity index (χ0v) is 12.2. The normalized spacial score (nSPS) is 16.7. The molecule has 2 aromatic carbocycles. The first-order valence-electron chi connectivity index (χ1n) is 6.62. The van der Waals surface area contributed by atoms with Gasteiger partial charge in [0.1, 0.15) is 0 Å². The van der Waals surface area contributed by atoms with Gasteiger partial charge in [-0.2, -0.15) is 0 Å². The van der Waals surface area contributed by atoms with Crippen LogP contribution in [0.25, 0.3) is 22.0 Å². The van der Waals surface area contributed by atoms with Crippen molar-refractivity contribution in [2.45, 2.75) is 11.8 Å². The molecule has 21 heavy (non-hydrogen) atoms. The van der Waals surface area contributed by atoms with Crippen LogP contribution >= 0.6 is 10.8 Å². The van der Waals surface area contributed by atoms with Gasteiger partial charge in [-0.1, -0.05) is 41.1 Å². The number of nitrogens with zero attached hydrogens (tertiary/aromatic N) is 1. The maximum absolute atomic E-state index is 10.4. The van der Waals surface area contributed by atoms with Crippen LogP contribution in [0.2, 0.25) is 0 Å². The van der Waals surface area contributed by atoms with E-state index in [2.05, 4.69) is 9.71 Å². The molecular formula is C16H14N2O2S. The Morgan fingerprint density at radius 2 is 1.81 bits per heavy atom. The molecule has 0 atom stereocenters. The molecule has 3 aromatic rings. The van der Waals surface area contributed by atoms with E-state index in [1.54, 1.807) is 12.3 Å². The van der Waals surface area contributed by atoms with Crippen molar-refractivity contribution in [2.75, 3.05) is 4.72 Å². The molecule has 1 aliphatic heterocycles. The van der Waals surface area contributed by atoms with Crippen LogP contribution in [0.4, 0.5) is 5.69 Å². The number of aryl methyl sites for hydroxylation is 1. The van der Waals surface area contributed by atoms with Gasteiger partial charge in [0.2, 0.25) is 0 Å². The van der Waals surface area contributed by atoms with Crippen molar-refractivity contribution >= 4 is 27.4 Å². The van der Waals surface area contributed by atoms with E-state index in [0.29, 0.717) is 10.6 Å². The van der Waals surface area contributed by atoms with Gasteiger partial charge in [0.05, 0.1) is 16.1 Å². The molecule has 1 aliphatic rings. The molecule has 2 heterocycles. The minimum atomic E-state index is -3.05. The fourth-order valence-electron chi connectivity index (χ4n) is 2.82. The van der Waals surface area contributed by atoms with Crippen LogP contribution in [0.3, 0.4) is 0 Å². The lowest BCUT2D eigenvalue weighted by molar-refractivity contribution is 0.494. The number of pyridine rings is 1. The average Bonchev–Trinajstić information content (AvgIpc) is 2.47. The van der Waals surface area contributed by atoms with Gasteiger partial charge >= 0.3 is 0 Å². The van der Waals surface area contributed by atoms with E-state index in [1.165, 1.54) is 0 Å². The van der Waals surface area contributed by atoms with E-state index < -0.39 is 10.8 Å². The first-order chi connectivity index (χ1) is 10.1. The molecule has 0 unspecified atom stereocenters. The van der Waals surface area contributed by atoms with Gasteiger partial charge in [0, 0.05) is 22.7 Å². The molecular weight excluding hydrogens is 284 g/mol. The summed E-state index contributed by atoms with van der Waals surface area (Å²) in [7, 11) is -3.05. The van der Waals surface area contributed by atoms with E-state index in [0.717, 1.165) is 27.6 Å². The molecule has 0 bridgehead atoms. The second-order valence-electron chi connectivity index (χ2n) is 5.16. The highest BCUT2D eigenvalue weighted by molar-refractivity contribution is 8.25. The number of hydrogen-bond acceptors (Lipinski definition) is 4. The Hall–Kier alpha value is -2.08. The summed E-state index contributed by atoms with van der Waals surface area (Å²) in [5.41, 5.74) is 4.36. The third kappa shape index (κ3) is 1.75. The summed E-state index contributed by atoms with van der Waals surface area (Å²) in [6.45, 7) is 2.02. The molecule has 0 saturated heterocycles. The zero-order valence-electron chi connectivity index (χ0n) is 11.4. The number of hydrogen-bond donors (Lipinski definition) is 3. The topological polar surface area (TPSA) is 65.4 Å². The standard InChI is InChI=1S/C16H14N2O2S/c1-10-8-9-17-15-11(10)6-7-13-12-4-2-3-5-14(12)21(19,20)18-16(13)15/h2-9,18-20H,1H3. The number of anilines is 1. The summed E-state index contributed by atoms with van der Waals surface area (Å²) in [6, 6.07) is 13.3. The summed E-state index contributed by atoms with van der Waals surface area (Å²) in [6.07, 6.45) is 1.74. The van der Waals surface area contributed by atoms with Gasteiger partial charge in [-0.3, -0.25) is 18.8 Å². The second-order valence-corrected chi connectivity index (χ2v) is 6.90. The Bertz CT molecular complexity index is 877. The Morgan fingerprint density at radius 1 is 1.00 bits per heavy atom. The Labute approximate surface area is 123 Å². The van der Waals surface area contributed by atoms with Crippen molar-refractivity contribution in [2.24, 2.45) is 0 Å². The van der Waals surface area contributed by atoms with E-state index in [4.69, 9.17) is 0 Å². The Balaban J connectivity index is 2.13. The number of benzene rings is 2. The summed E-state index contributed by atoms with van der Waals surface area (Å²) in [5, 5.41) is 1.01. The third-order valence-corrected chi connectivity index (χ3v) is 5.32. The maximum atomic E-state index is 10.4. The quantitative estimate of drug-likeness (QED) is 0.564. The minimum absolute atomic E-state index is 0.532. The molecule has 106 valence electrons. The number of fused-ring (bicyclic) bond motifs is 5. The lowest BCUT2D eigenvalue weighted by atomic mass is 9.99. The van der Waals surface area contributed by atoms with Crippen LogP contribution in [0, 0.1) is 6.92 Å². The first kappa shape index (κ1) is 12.6. The molecule has 0 aliphatic carbocycles. The highest BCUT2D eigenvalue weighted by Gasteiger charge is 2.29. The van der Waals surface area contributed by atoms with Crippen LogP contribution in [-0.2, 0) is 0 Å². The average molecular weight is 298 g/mol. The molecule has 4 rings (SSSR count). The number of rotatable bonds is 0. The zero-order chi connectivity index (χ0) is 14.6. The predicted octanol–water partition coefficient (Wildman–Crippen LogP) is 4.66. The molecule has 5 heteroatoms. The molecule has 0 radical (unpaired) electrons. The predicted molar refractivity (Wildman–Crippen MR) is 86.7 cm³/mol. The van der Waals surface area contributed by atoms with Gasteiger partial charge in [-0.15, -0.1) is 0 Å². The van der Waals surface area contributed by atoms with E-state index in [-0.39, 0.29) is 0 Å². The smallest absolute Gasteiger partial charge is 0.0958 e. The molecule has 0 amide bonds. The molecule has 0 saturated carbocycles. The van der Waals surface area contributed by atoms with Gasteiger partial charge in [-0.05, 0) is 24.6 Å². The van der Waals surface area contributed by atoms with Gasteiger partial charge in [-0.25, -0.2) is 0 Å². The summed E-state index contributed by atoms with van der Waals surface area (Å²) >= 11 is 0. The van der Waals surface area contributed by atoms with Crippen molar-refractivity contribution in [1.82, 2.24) is 4.98 Å². The van der Waals surface area contributed by atoms with Crippen molar-refractivity contribution < 1.29 is 9.11 Å². The largest absolute Gasteiger partial charge is 0.278 e. The summed E-state index contributed by atoms with van der Waals surface area (Å²) < 4.78 is 23.7. The van der Waals surface area contributed by atoms with Crippen molar-refractivity contribution in [1.29, 1.82) is 0 Å². The molecule has 0 fully saturated rings. The molecule has 4 nitrogen and oxygen atoms in total. The fourth-order valence-corrected chi connectivity index (χ4v) is 4.17. The van der Waals surface area contributed by atoms with Crippen LogP contribution in [0.15, 0.2) is 53.6 Å². The third-order valence-electron chi connectivity index (χ3n) is 3.86.